The monoisotopic (exact) mass is 372 g/mol. The van der Waals surface area contributed by atoms with Crippen LogP contribution in [0.15, 0.2) is 41.8 Å². The van der Waals surface area contributed by atoms with Gasteiger partial charge in [0.15, 0.2) is 0 Å². The van der Waals surface area contributed by atoms with Crippen LogP contribution in [0.25, 0.3) is 0 Å². The zero-order chi connectivity index (χ0) is 18.9. The lowest BCUT2D eigenvalue weighted by Gasteiger charge is -2.42. The summed E-state index contributed by atoms with van der Waals surface area (Å²) in [7, 11) is 1.71. The van der Waals surface area contributed by atoms with Crippen LogP contribution in [0, 0.1) is 0 Å². The van der Waals surface area contributed by atoms with E-state index in [1.807, 2.05) is 55.3 Å². The van der Waals surface area contributed by atoms with Gasteiger partial charge in [-0.05, 0) is 44.4 Å². The van der Waals surface area contributed by atoms with Crippen molar-refractivity contribution in [2.45, 2.75) is 32.5 Å². The Morgan fingerprint density at radius 2 is 1.96 bits per heavy atom. The summed E-state index contributed by atoms with van der Waals surface area (Å²) < 4.78 is 5.90. The summed E-state index contributed by atoms with van der Waals surface area (Å²) in [6.07, 6.45) is -0.0275. The van der Waals surface area contributed by atoms with Crippen molar-refractivity contribution < 1.29 is 14.3 Å². The van der Waals surface area contributed by atoms with Gasteiger partial charge in [-0.25, -0.2) is 0 Å². The Bertz CT molecular complexity index is 801. The van der Waals surface area contributed by atoms with Gasteiger partial charge in [0.2, 0.25) is 0 Å². The molecular weight excluding hydrogens is 348 g/mol. The molecule has 0 unspecified atom stereocenters. The maximum absolute atomic E-state index is 13.2. The minimum Gasteiger partial charge on any atom is -0.369 e. The molecule has 0 saturated carbocycles. The number of ether oxygens (including phenoxy) is 1. The third kappa shape index (κ3) is 3.81. The molecule has 2 amide bonds. The number of benzene rings is 1. The van der Waals surface area contributed by atoms with Crippen molar-refractivity contribution in [1.29, 1.82) is 0 Å². The number of amides is 2. The molecule has 5 nitrogen and oxygen atoms in total. The van der Waals surface area contributed by atoms with E-state index in [9.17, 15) is 9.59 Å². The molecule has 0 radical (unpaired) electrons. The first-order valence-corrected chi connectivity index (χ1v) is 9.54. The van der Waals surface area contributed by atoms with Gasteiger partial charge in [-0.2, -0.15) is 0 Å². The highest BCUT2D eigenvalue weighted by Gasteiger charge is 2.35. The van der Waals surface area contributed by atoms with Gasteiger partial charge in [-0.3, -0.25) is 9.59 Å². The number of para-hydroxylation sites is 1. The summed E-state index contributed by atoms with van der Waals surface area (Å²) in [4.78, 5) is 29.9. The van der Waals surface area contributed by atoms with E-state index in [1.165, 1.54) is 11.3 Å². The van der Waals surface area contributed by atoms with Crippen molar-refractivity contribution in [3.63, 3.8) is 0 Å². The van der Waals surface area contributed by atoms with Crippen molar-refractivity contribution in [2.24, 2.45) is 0 Å². The van der Waals surface area contributed by atoms with E-state index >= 15 is 0 Å². The molecule has 1 aromatic carbocycles. The zero-order valence-electron chi connectivity index (χ0n) is 15.6. The Balaban J connectivity index is 1.89. The van der Waals surface area contributed by atoms with E-state index in [1.54, 1.807) is 24.1 Å². The average molecular weight is 372 g/mol. The Labute approximate surface area is 158 Å². The van der Waals surface area contributed by atoms with E-state index in [-0.39, 0.29) is 23.5 Å². The van der Waals surface area contributed by atoms with E-state index in [4.69, 9.17) is 4.74 Å². The number of anilines is 1. The number of rotatable bonds is 3. The van der Waals surface area contributed by atoms with Gasteiger partial charge >= 0.3 is 0 Å². The molecule has 0 aliphatic carbocycles. The molecule has 1 aliphatic heterocycles. The first kappa shape index (κ1) is 18.6. The van der Waals surface area contributed by atoms with Crippen LogP contribution in [0.2, 0.25) is 0 Å². The van der Waals surface area contributed by atoms with Gasteiger partial charge in [-0.1, -0.05) is 18.2 Å². The fourth-order valence-electron chi connectivity index (χ4n) is 3.40. The summed E-state index contributed by atoms with van der Waals surface area (Å²) in [5.41, 5.74) is 0.763. The summed E-state index contributed by atoms with van der Waals surface area (Å²) >= 11 is 1.39. The Kier molecular flexibility index (Phi) is 5.16. The molecule has 138 valence electrons. The van der Waals surface area contributed by atoms with E-state index < -0.39 is 0 Å². The molecule has 1 fully saturated rings. The highest BCUT2D eigenvalue weighted by atomic mass is 32.1. The summed E-state index contributed by atoms with van der Waals surface area (Å²) in [6, 6.07) is 10.9. The predicted octanol–water partition coefficient (Wildman–Crippen LogP) is 3.66. The van der Waals surface area contributed by atoms with E-state index in [0.717, 1.165) is 0 Å². The molecule has 0 spiro atoms. The van der Waals surface area contributed by atoms with Crippen LogP contribution >= 0.6 is 11.3 Å². The maximum atomic E-state index is 13.2. The minimum absolute atomic E-state index is 0.0275. The van der Waals surface area contributed by atoms with Gasteiger partial charge in [-0.15, -0.1) is 11.3 Å². The number of nitrogens with zero attached hydrogens (tertiary/aromatic N) is 2. The standard InChI is InChI=1S/C20H24N2O3S/c1-14-12-22(13-20(2,3)25-14)18(23)15-8-5-6-9-16(15)21(4)19(24)17-10-7-11-26-17/h5-11,14H,12-13H2,1-4H3/t14-/m0/s1. The maximum Gasteiger partial charge on any atom is 0.268 e. The van der Waals surface area contributed by atoms with Crippen molar-refractivity contribution in [1.82, 2.24) is 4.90 Å². The first-order chi connectivity index (χ1) is 12.3. The number of hydrogen-bond donors (Lipinski definition) is 0. The molecule has 2 aromatic rings. The summed E-state index contributed by atoms with van der Waals surface area (Å²) in [5.74, 6) is -0.189. The number of carbonyl (C=O) groups excluding carboxylic acids is 2. The van der Waals surface area contributed by atoms with Gasteiger partial charge in [0.25, 0.3) is 11.8 Å². The van der Waals surface area contributed by atoms with Crippen LogP contribution in [0.5, 0.6) is 0 Å². The first-order valence-electron chi connectivity index (χ1n) is 8.66. The van der Waals surface area contributed by atoms with Crippen molar-refractivity contribution in [3.8, 4) is 0 Å². The summed E-state index contributed by atoms with van der Waals surface area (Å²) in [5, 5.41) is 1.87. The zero-order valence-corrected chi connectivity index (χ0v) is 16.4. The van der Waals surface area contributed by atoms with Crippen LogP contribution < -0.4 is 4.90 Å². The predicted molar refractivity (Wildman–Crippen MR) is 104 cm³/mol. The molecule has 1 saturated heterocycles. The van der Waals surface area contributed by atoms with Crippen molar-refractivity contribution >= 4 is 28.8 Å². The Morgan fingerprint density at radius 1 is 1.23 bits per heavy atom. The smallest absolute Gasteiger partial charge is 0.268 e. The largest absolute Gasteiger partial charge is 0.369 e. The highest BCUT2D eigenvalue weighted by molar-refractivity contribution is 7.12. The number of hydrogen-bond acceptors (Lipinski definition) is 4. The molecular formula is C20H24N2O3S. The van der Waals surface area contributed by atoms with Gasteiger partial charge in [0.05, 0.1) is 27.8 Å². The number of thiophene rings is 1. The fraction of sp³-hybridized carbons (Fsp3) is 0.400. The molecule has 0 bridgehead atoms. The third-order valence-electron chi connectivity index (χ3n) is 4.39. The molecule has 1 atom stereocenters. The SMILES string of the molecule is C[C@H]1CN(C(=O)c2ccccc2N(C)C(=O)c2cccs2)CC(C)(C)O1. The van der Waals surface area contributed by atoms with E-state index in [2.05, 4.69) is 0 Å². The van der Waals surface area contributed by atoms with Crippen LogP contribution in [0.1, 0.15) is 40.8 Å². The molecule has 2 heterocycles. The van der Waals surface area contributed by atoms with Crippen LogP contribution in [-0.4, -0.2) is 48.6 Å². The lowest BCUT2D eigenvalue weighted by Crippen LogP contribution is -2.54. The Morgan fingerprint density at radius 3 is 2.62 bits per heavy atom. The van der Waals surface area contributed by atoms with Crippen molar-refractivity contribution in [2.75, 3.05) is 25.0 Å². The second kappa shape index (κ2) is 7.21. The quantitative estimate of drug-likeness (QED) is 0.826. The van der Waals surface area contributed by atoms with Gasteiger partial charge in [0, 0.05) is 20.1 Å². The lowest BCUT2D eigenvalue weighted by atomic mass is 10.0. The van der Waals surface area contributed by atoms with Crippen LogP contribution in [0.4, 0.5) is 5.69 Å². The Hall–Kier alpha value is -2.18. The number of carbonyl (C=O) groups is 2. The van der Waals surface area contributed by atoms with E-state index in [0.29, 0.717) is 29.2 Å². The minimum atomic E-state index is -0.388. The second-order valence-corrected chi connectivity index (χ2v) is 8.18. The topological polar surface area (TPSA) is 49.9 Å². The average Bonchev–Trinajstić information content (AvgIpc) is 3.12. The normalized spacial score (nSPS) is 19.2. The molecule has 0 N–H and O–H groups in total. The molecule has 1 aliphatic rings. The van der Waals surface area contributed by atoms with Gasteiger partial charge in [0.1, 0.15) is 0 Å². The molecule has 6 heteroatoms. The molecule has 1 aromatic heterocycles. The summed E-state index contributed by atoms with van der Waals surface area (Å²) in [6.45, 7) is 7.01. The van der Waals surface area contributed by atoms with Crippen LogP contribution in [-0.2, 0) is 4.74 Å². The van der Waals surface area contributed by atoms with Crippen LogP contribution in [0.3, 0.4) is 0 Å². The highest BCUT2D eigenvalue weighted by Crippen LogP contribution is 2.27. The van der Waals surface area contributed by atoms with Gasteiger partial charge < -0.3 is 14.5 Å². The van der Waals surface area contributed by atoms with Crippen molar-refractivity contribution in [3.05, 3.63) is 52.2 Å². The molecule has 3 rings (SSSR count). The fourth-order valence-corrected chi connectivity index (χ4v) is 4.10. The second-order valence-electron chi connectivity index (χ2n) is 7.23. The lowest BCUT2D eigenvalue weighted by molar-refractivity contribution is -0.118. The molecule has 26 heavy (non-hydrogen) atoms. The third-order valence-corrected chi connectivity index (χ3v) is 5.25. The number of morpholine rings is 1.